The van der Waals surface area contributed by atoms with E-state index in [1.165, 1.54) is 17.7 Å². The minimum atomic E-state index is -0.335. The summed E-state index contributed by atoms with van der Waals surface area (Å²) in [5.74, 6) is -0.384. The van der Waals surface area contributed by atoms with E-state index in [2.05, 4.69) is 17.1 Å². The lowest BCUT2D eigenvalue weighted by molar-refractivity contribution is 0.0358. The third kappa shape index (κ3) is 4.01. The van der Waals surface area contributed by atoms with Gasteiger partial charge in [0.2, 0.25) is 0 Å². The summed E-state index contributed by atoms with van der Waals surface area (Å²) in [5.41, 5.74) is 2.75. The van der Waals surface area contributed by atoms with Crippen LogP contribution in [-0.4, -0.2) is 40.6 Å². The van der Waals surface area contributed by atoms with Crippen molar-refractivity contribution in [2.75, 3.05) is 19.7 Å². The van der Waals surface area contributed by atoms with Crippen LogP contribution in [0.3, 0.4) is 0 Å². The molecule has 2 heterocycles. The third-order valence-corrected chi connectivity index (χ3v) is 6.07. The van der Waals surface area contributed by atoms with Crippen molar-refractivity contribution in [1.29, 1.82) is 0 Å². The molecule has 1 N–H and O–H groups in total. The average molecular weight is 392 g/mol. The summed E-state index contributed by atoms with van der Waals surface area (Å²) in [6, 6.07) is 16.4. The largest absolute Gasteiger partial charge is 0.396 e. The van der Waals surface area contributed by atoms with E-state index in [-0.39, 0.29) is 23.7 Å². The van der Waals surface area contributed by atoms with Gasteiger partial charge in [0.1, 0.15) is 5.82 Å². The molecule has 1 saturated heterocycles. The number of fused-ring (bicyclic) bond motifs is 1. The molecule has 0 aliphatic carbocycles. The maximum Gasteiger partial charge on any atom is 0.255 e. The maximum atomic E-state index is 13.4. The van der Waals surface area contributed by atoms with E-state index in [9.17, 15) is 14.3 Å². The Morgan fingerprint density at radius 3 is 2.55 bits per heavy atom. The predicted molar refractivity (Wildman–Crippen MR) is 111 cm³/mol. The van der Waals surface area contributed by atoms with E-state index in [1.54, 1.807) is 19.1 Å². The molecule has 0 atom stereocenters. The first-order valence-electron chi connectivity index (χ1n) is 10.0. The van der Waals surface area contributed by atoms with Crippen molar-refractivity contribution in [2.24, 2.45) is 5.41 Å². The van der Waals surface area contributed by atoms with Gasteiger partial charge in [-0.1, -0.05) is 30.3 Å². The summed E-state index contributed by atoms with van der Waals surface area (Å²) in [6.07, 6.45) is 2.33. The van der Waals surface area contributed by atoms with Gasteiger partial charge in [0.15, 0.2) is 0 Å². The summed E-state index contributed by atoms with van der Waals surface area (Å²) in [4.78, 5) is 19.4. The molecular formula is C24H25FN2O2. The van der Waals surface area contributed by atoms with Crippen molar-refractivity contribution in [3.05, 3.63) is 77.2 Å². The minimum Gasteiger partial charge on any atom is -0.396 e. The topological polar surface area (TPSA) is 53.4 Å². The quantitative estimate of drug-likeness (QED) is 0.726. The monoisotopic (exact) mass is 392 g/mol. The van der Waals surface area contributed by atoms with Gasteiger partial charge in [-0.15, -0.1) is 0 Å². The molecule has 0 radical (unpaired) electrons. The number of hydrogen-bond donors (Lipinski definition) is 1. The lowest BCUT2D eigenvalue weighted by Gasteiger charge is -2.41. The number of aryl methyl sites for hydroxylation is 1. The molecule has 5 heteroatoms. The van der Waals surface area contributed by atoms with E-state index in [0.717, 1.165) is 24.6 Å². The van der Waals surface area contributed by atoms with Gasteiger partial charge < -0.3 is 10.0 Å². The molecule has 1 aromatic heterocycles. The number of carbonyl (C=O) groups is 1. The number of hydrogen-bond acceptors (Lipinski definition) is 3. The zero-order valence-electron chi connectivity index (χ0n) is 16.6. The van der Waals surface area contributed by atoms with Crippen molar-refractivity contribution in [3.63, 3.8) is 0 Å². The molecule has 0 unspecified atom stereocenters. The van der Waals surface area contributed by atoms with Gasteiger partial charge in [-0.05, 0) is 49.9 Å². The van der Waals surface area contributed by atoms with Gasteiger partial charge in [-0.3, -0.25) is 9.78 Å². The summed E-state index contributed by atoms with van der Waals surface area (Å²) in [5, 5.41) is 10.8. The molecule has 4 nitrogen and oxygen atoms in total. The fraction of sp³-hybridized carbons (Fsp3) is 0.333. The van der Waals surface area contributed by atoms with Crippen LogP contribution in [-0.2, 0) is 6.42 Å². The lowest BCUT2D eigenvalue weighted by Crippen LogP contribution is -2.45. The Balaban J connectivity index is 1.51. The number of aliphatic hydroxyl groups is 1. The van der Waals surface area contributed by atoms with Crippen LogP contribution in [0.25, 0.3) is 10.9 Å². The van der Waals surface area contributed by atoms with Crippen molar-refractivity contribution < 1.29 is 14.3 Å². The number of pyridine rings is 1. The van der Waals surface area contributed by atoms with Gasteiger partial charge >= 0.3 is 0 Å². The van der Waals surface area contributed by atoms with Crippen LogP contribution in [0.4, 0.5) is 4.39 Å². The van der Waals surface area contributed by atoms with Gasteiger partial charge in [0, 0.05) is 36.6 Å². The number of piperidine rings is 1. The van der Waals surface area contributed by atoms with Crippen molar-refractivity contribution in [3.8, 4) is 0 Å². The van der Waals surface area contributed by atoms with E-state index in [1.807, 2.05) is 23.1 Å². The molecule has 0 bridgehead atoms. The van der Waals surface area contributed by atoms with Gasteiger partial charge in [-0.25, -0.2) is 4.39 Å². The van der Waals surface area contributed by atoms with Gasteiger partial charge in [-0.2, -0.15) is 0 Å². The number of aromatic nitrogens is 1. The number of benzene rings is 2. The number of nitrogens with zero attached hydrogens (tertiary/aromatic N) is 2. The molecule has 29 heavy (non-hydrogen) atoms. The molecule has 150 valence electrons. The lowest BCUT2D eigenvalue weighted by atomic mass is 9.74. The normalized spacial score (nSPS) is 16.2. The number of aliphatic hydroxyl groups excluding tert-OH is 1. The van der Waals surface area contributed by atoms with Gasteiger partial charge in [0.05, 0.1) is 16.8 Å². The third-order valence-electron chi connectivity index (χ3n) is 6.07. The molecule has 1 amide bonds. The SMILES string of the molecule is Cc1nc2cc(F)ccc2cc1C(=O)N1CCC(CO)(Cc2ccccc2)CC1. The zero-order chi connectivity index (χ0) is 20.4. The highest BCUT2D eigenvalue weighted by molar-refractivity contribution is 5.98. The highest BCUT2D eigenvalue weighted by atomic mass is 19.1. The Kier molecular flexibility index (Phi) is 5.33. The zero-order valence-corrected chi connectivity index (χ0v) is 16.6. The van der Waals surface area contributed by atoms with Crippen LogP contribution in [0.15, 0.2) is 54.6 Å². The smallest absolute Gasteiger partial charge is 0.255 e. The van der Waals surface area contributed by atoms with Gasteiger partial charge in [0.25, 0.3) is 5.91 Å². The number of halogens is 1. The second kappa shape index (κ2) is 7.91. The predicted octanol–water partition coefficient (Wildman–Crippen LogP) is 4.14. The van der Waals surface area contributed by atoms with Crippen molar-refractivity contribution in [1.82, 2.24) is 9.88 Å². The fourth-order valence-electron chi connectivity index (χ4n) is 4.23. The molecule has 4 rings (SSSR count). The standard InChI is InChI=1S/C24H25FN2O2/c1-17-21(13-19-7-8-20(25)14-22(19)26-17)23(29)27-11-9-24(16-28,10-12-27)15-18-5-3-2-4-6-18/h2-8,13-14,28H,9-12,15-16H2,1H3. The maximum absolute atomic E-state index is 13.4. The molecule has 1 fully saturated rings. The Morgan fingerprint density at radius 1 is 1.14 bits per heavy atom. The number of likely N-dealkylation sites (tertiary alicyclic amines) is 1. The summed E-state index contributed by atoms with van der Waals surface area (Å²) in [7, 11) is 0. The Hall–Kier alpha value is -2.79. The van der Waals surface area contributed by atoms with Crippen LogP contribution < -0.4 is 0 Å². The van der Waals surface area contributed by atoms with E-state index < -0.39 is 0 Å². The molecular weight excluding hydrogens is 367 g/mol. The highest BCUT2D eigenvalue weighted by Gasteiger charge is 2.36. The summed E-state index contributed by atoms with van der Waals surface area (Å²) < 4.78 is 13.4. The van der Waals surface area contributed by atoms with Crippen LogP contribution in [0, 0.1) is 18.2 Å². The van der Waals surface area contributed by atoms with Crippen LogP contribution in [0.5, 0.6) is 0 Å². The average Bonchev–Trinajstić information content (AvgIpc) is 2.74. The Labute approximate surface area is 170 Å². The second-order valence-corrected chi connectivity index (χ2v) is 8.07. The molecule has 1 aliphatic heterocycles. The first-order valence-corrected chi connectivity index (χ1v) is 10.0. The minimum absolute atomic E-state index is 0.0486. The number of amides is 1. The Morgan fingerprint density at radius 2 is 1.86 bits per heavy atom. The van der Waals surface area contributed by atoms with Crippen LogP contribution in [0.1, 0.15) is 34.5 Å². The fourth-order valence-corrected chi connectivity index (χ4v) is 4.23. The first kappa shape index (κ1) is 19.5. The first-order chi connectivity index (χ1) is 14.0. The molecule has 1 aliphatic rings. The summed E-state index contributed by atoms with van der Waals surface area (Å²) in [6.45, 7) is 3.11. The van der Waals surface area contributed by atoms with Crippen LogP contribution in [0.2, 0.25) is 0 Å². The molecule has 0 saturated carbocycles. The molecule has 3 aromatic rings. The second-order valence-electron chi connectivity index (χ2n) is 8.07. The Bertz CT molecular complexity index is 1030. The number of rotatable bonds is 4. The van der Waals surface area contributed by atoms with E-state index >= 15 is 0 Å². The number of carbonyl (C=O) groups excluding carboxylic acids is 1. The van der Waals surface area contributed by atoms with Crippen molar-refractivity contribution >= 4 is 16.8 Å². The highest BCUT2D eigenvalue weighted by Crippen LogP contribution is 2.35. The summed E-state index contributed by atoms with van der Waals surface area (Å²) >= 11 is 0. The van der Waals surface area contributed by atoms with E-state index in [4.69, 9.17) is 0 Å². The van der Waals surface area contributed by atoms with Crippen LogP contribution >= 0.6 is 0 Å². The molecule has 0 spiro atoms. The van der Waals surface area contributed by atoms with Crippen molar-refractivity contribution in [2.45, 2.75) is 26.2 Å². The van der Waals surface area contributed by atoms with E-state index in [0.29, 0.717) is 29.9 Å². The molecule has 2 aromatic carbocycles.